The number of benzene rings is 1. The third-order valence-corrected chi connectivity index (χ3v) is 3.77. The van der Waals surface area contributed by atoms with Gasteiger partial charge in [0.05, 0.1) is 11.7 Å². The monoisotopic (exact) mass is 264 g/mol. The lowest BCUT2D eigenvalue weighted by Gasteiger charge is -2.36. The van der Waals surface area contributed by atoms with E-state index in [-0.39, 0.29) is 6.10 Å². The number of ether oxygens (including phenoxy) is 1. The molecule has 1 fully saturated rings. The maximum Gasteiger partial charge on any atom is 0.120 e. The molecule has 106 valence electrons. The van der Waals surface area contributed by atoms with Crippen LogP contribution in [0.5, 0.6) is 5.75 Å². The molecule has 1 atom stereocenters. The van der Waals surface area contributed by atoms with E-state index in [4.69, 9.17) is 4.74 Å². The average molecular weight is 264 g/mol. The van der Waals surface area contributed by atoms with E-state index >= 15 is 0 Å². The molecule has 2 N–H and O–H groups in total. The minimum atomic E-state index is -0.977. The summed E-state index contributed by atoms with van der Waals surface area (Å²) in [5.74, 6) is 0.742. The molecular formula is C16H24O3. The molecule has 1 aromatic carbocycles. The molecule has 19 heavy (non-hydrogen) atoms. The zero-order valence-corrected chi connectivity index (χ0v) is 11.8. The van der Waals surface area contributed by atoms with Gasteiger partial charge in [-0.25, -0.2) is 0 Å². The Bertz CT molecular complexity index is 408. The maximum atomic E-state index is 10.6. The Kier molecular flexibility index (Phi) is 4.48. The fourth-order valence-corrected chi connectivity index (χ4v) is 2.78. The summed E-state index contributed by atoms with van der Waals surface area (Å²) < 4.78 is 5.63. The van der Waals surface area contributed by atoms with Gasteiger partial charge in [0, 0.05) is 0 Å². The Hall–Kier alpha value is -1.06. The highest BCUT2D eigenvalue weighted by Gasteiger charge is 2.37. The summed E-state index contributed by atoms with van der Waals surface area (Å²) in [5.41, 5.74) is -0.239. The van der Waals surface area contributed by atoms with E-state index in [2.05, 4.69) is 0 Å². The molecule has 0 radical (unpaired) electrons. The number of hydrogen-bond donors (Lipinski definition) is 2. The van der Waals surface area contributed by atoms with Crippen LogP contribution in [0.25, 0.3) is 0 Å². The second kappa shape index (κ2) is 5.93. The highest BCUT2D eigenvalue weighted by molar-refractivity contribution is 5.31. The first-order valence-electron chi connectivity index (χ1n) is 7.18. The van der Waals surface area contributed by atoms with E-state index in [1.807, 2.05) is 38.1 Å². The number of hydrogen-bond acceptors (Lipinski definition) is 3. The van der Waals surface area contributed by atoms with Gasteiger partial charge in [-0.2, -0.15) is 0 Å². The van der Waals surface area contributed by atoms with Gasteiger partial charge in [-0.05, 0) is 44.4 Å². The van der Waals surface area contributed by atoms with E-state index < -0.39 is 11.7 Å². The molecule has 0 saturated heterocycles. The Morgan fingerprint density at radius 2 is 1.84 bits per heavy atom. The van der Waals surface area contributed by atoms with Crippen molar-refractivity contribution in [1.29, 1.82) is 0 Å². The van der Waals surface area contributed by atoms with Crippen LogP contribution in [-0.4, -0.2) is 21.9 Å². The Morgan fingerprint density at radius 1 is 1.16 bits per heavy atom. The van der Waals surface area contributed by atoms with Crippen LogP contribution < -0.4 is 4.74 Å². The van der Waals surface area contributed by atoms with Gasteiger partial charge >= 0.3 is 0 Å². The second-order valence-corrected chi connectivity index (χ2v) is 5.81. The summed E-state index contributed by atoms with van der Waals surface area (Å²) in [4.78, 5) is 0. The predicted molar refractivity (Wildman–Crippen MR) is 75.2 cm³/mol. The Labute approximate surface area is 115 Å². The fourth-order valence-electron chi connectivity index (χ4n) is 2.78. The third-order valence-electron chi connectivity index (χ3n) is 3.77. The van der Waals surface area contributed by atoms with Gasteiger partial charge in [0.1, 0.15) is 11.9 Å². The predicted octanol–water partition coefficient (Wildman–Crippen LogP) is 3.20. The van der Waals surface area contributed by atoms with Gasteiger partial charge in [0.25, 0.3) is 0 Å². The highest BCUT2D eigenvalue weighted by Crippen LogP contribution is 2.39. The zero-order valence-electron chi connectivity index (χ0n) is 11.8. The summed E-state index contributed by atoms with van der Waals surface area (Å²) in [6, 6.07) is 7.42. The van der Waals surface area contributed by atoms with Crippen molar-refractivity contribution in [3.63, 3.8) is 0 Å². The van der Waals surface area contributed by atoms with Gasteiger partial charge in [0.2, 0.25) is 0 Å². The quantitative estimate of drug-likeness (QED) is 0.878. The molecule has 1 aliphatic rings. The molecule has 1 aromatic rings. The SMILES string of the molecule is CC(C)Oc1cccc(C(O)C2(O)CCCCC2)c1. The third kappa shape index (κ3) is 3.48. The topological polar surface area (TPSA) is 49.7 Å². The van der Waals surface area contributed by atoms with Crippen molar-refractivity contribution < 1.29 is 14.9 Å². The van der Waals surface area contributed by atoms with E-state index in [1.54, 1.807) is 0 Å². The first kappa shape index (κ1) is 14.4. The molecule has 1 aliphatic carbocycles. The van der Waals surface area contributed by atoms with Gasteiger partial charge < -0.3 is 14.9 Å². The fraction of sp³-hybridized carbons (Fsp3) is 0.625. The molecule has 0 bridgehead atoms. The number of aliphatic hydroxyl groups excluding tert-OH is 1. The van der Waals surface area contributed by atoms with Crippen LogP contribution >= 0.6 is 0 Å². The molecule has 0 spiro atoms. The molecule has 3 heteroatoms. The molecule has 1 saturated carbocycles. The molecule has 3 nitrogen and oxygen atoms in total. The number of aliphatic hydroxyl groups is 2. The van der Waals surface area contributed by atoms with E-state index in [0.29, 0.717) is 12.8 Å². The van der Waals surface area contributed by atoms with E-state index in [9.17, 15) is 10.2 Å². The van der Waals surface area contributed by atoms with Crippen LogP contribution in [0.1, 0.15) is 57.6 Å². The first-order valence-corrected chi connectivity index (χ1v) is 7.18. The summed E-state index contributed by atoms with van der Waals surface area (Å²) in [5, 5.41) is 21.0. The highest BCUT2D eigenvalue weighted by atomic mass is 16.5. The van der Waals surface area contributed by atoms with Crippen molar-refractivity contribution in [2.75, 3.05) is 0 Å². The van der Waals surface area contributed by atoms with Crippen LogP contribution in [0.2, 0.25) is 0 Å². The molecule has 2 rings (SSSR count). The lowest BCUT2D eigenvalue weighted by Crippen LogP contribution is -2.38. The molecular weight excluding hydrogens is 240 g/mol. The van der Waals surface area contributed by atoms with Crippen molar-refractivity contribution in [1.82, 2.24) is 0 Å². The summed E-state index contributed by atoms with van der Waals surface area (Å²) in [6.07, 6.45) is 3.72. The van der Waals surface area contributed by atoms with Gasteiger partial charge in [-0.3, -0.25) is 0 Å². The number of rotatable bonds is 4. The largest absolute Gasteiger partial charge is 0.491 e. The summed E-state index contributed by atoms with van der Waals surface area (Å²) >= 11 is 0. The molecule has 0 aliphatic heterocycles. The molecule has 1 unspecified atom stereocenters. The molecule has 0 aromatic heterocycles. The molecule has 0 amide bonds. The molecule has 0 heterocycles. The van der Waals surface area contributed by atoms with Crippen LogP contribution in [0.4, 0.5) is 0 Å². The summed E-state index contributed by atoms with van der Waals surface area (Å²) in [7, 11) is 0. The van der Waals surface area contributed by atoms with Crippen LogP contribution in [0, 0.1) is 0 Å². The van der Waals surface area contributed by atoms with Crippen molar-refractivity contribution in [2.45, 2.75) is 63.8 Å². The lowest BCUT2D eigenvalue weighted by atomic mass is 9.78. The van der Waals surface area contributed by atoms with Gasteiger partial charge in [0.15, 0.2) is 0 Å². The normalized spacial score (nSPS) is 20.3. The van der Waals surface area contributed by atoms with Crippen LogP contribution in [0.3, 0.4) is 0 Å². The van der Waals surface area contributed by atoms with Gasteiger partial charge in [-0.1, -0.05) is 31.4 Å². The van der Waals surface area contributed by atoms with Gasteiger partial charge in [-0.15, -0.1) is 0 Å². The minimum Gasteiger partial charge on any atom is -0.491 e. The second-order valence-electron chi connectivity index (χ2n) is 5.81. The first-order chi connectivity index (χ1) is 9.01. The van der Waals surface area contributed by atoms with Crippen molar-refractivity contribution in [3.8, 4) is 5.75 Å². The van der Waals surface area contributed by atoms with Crippen LogP contribution in [-0.2, 0) is 0 Å². The maximum absolute atomic E-state index is 10.6. The standard InChI is InChI=1S/C16H24O3/c1-12(2)19-14-8-6-7-13(11-14)15(17)16(18)9-4-3-5-10-16/h6-8,11-12,15,17-18H,3-5,9-10H2,1-2H3. The van der Waals surface area contributed by atoms with E-state index in [0.717, 1.165) is 30.6 Å². The van der Waals surface area contributed by atoms with Crippen molar-refractivity contribution in [3.05, 3.63) is 29.8 Å². The Balaban J connectivity index is 2.16. The minimum absolute atomic E-state index is 0.102. The smallest absolute Gasteiger partial charge is 0.120 e. The van der Waals surface area contributed by atoms with Crippen molar-refractivity contribution in [2.24, 2.45) is 0 Å². The van der Waals surface area contributed by atoms with Crippen LogP contribution in [0.15, 0.2) is 24.3 Å². The van der Waals surface area contributed by atoms with E-state index in [1.165, 1.54) is 0 Å². The average Bonchev–Trinajstić information content (AvgIpc) is 2.38. The summed E-state index contributed by atoms with van der Waals surface area (Å²) in [6.45, 7) is 3.94. The Morgan fingerprint density at radius 3 is 2.47 bits per heavy atom. The lowest BCUT2D eigenvalue weighted by molar-refractivity contribution is -0.0992. The zero-order chi connectivity index (χ0) is 13.9. The van der Waals surface area contributed by atoms with Crippen molar-refractivity contribution >= 4 is 0 Å².